The summed E-state index contributed by atoms with van der Waals surface area (Å²) in [5, 5.41) is 0. The molecule has 0 N–H and O–H groups in total. The smallest absolute Gasteiger partial charge is 0.137 e. The third-order valence-corrected chi connectivity index (χ3v) is 5.52. The molecule has 0 aliphatic carbocycles. The lowest BCUT2D eigenvalue weighted by molar-refractivity contribution is 0.262. The number of rotatable bonds is 6. The van der Waals surface area contributed by atoms with E-state index >= 15 is 0 Å². The third kappa shape index (κ3) is 4.91. The Morgan fingerprint density at radius 1 is 0.778 bits per heavy atom. The number of aromatic nitrogens is 2. The second-order valence-corrected chi connectivity index (χ2v) is 7.21. The monoisotopic (exact) mass is 366 g/mol. The van der Waals surface area contributed by atoms with Crippen LogP contribution in [0, 0.1) is 31.6 Å². The fourth-order valence-electron chi connectivity index (χ4n) is 3.88. The van der Waals surface area contributed by atoms with Gasteiger partial charge in [0, 0.05) is 83.9 Å². The Morgan fingerprint density at radius 3 is 1.56 bits per heavy atom. The minimum Gasteiger partial charge on any atom is -0.354 e. The van der Waals surface area contributed by atoms with Gasteiger partial charge in [-0.1, -0.05) is 0 Å². The Morgan fingerprint density at radius 2 is 1.19 bits per heavy atom. The zero-order valence-electron chi connectivity index (χ0n) is 16.4. The lowest BCUT2D eigenvalue weighted by atomic mass is 10.2. The first kappa shape index (κ1) is 19.5. The molecule has 0 spiro atoms. The molecule has 1 aromatic heterocycles. The highest BCUT2D eigenvalue weighted by molar-refractivity contribution is 5.59. The van der Waals surface area contributed by atoms with Crippen LogP contribution in [0.2, 0.25) is 0 Å². The van der Waals surface area contributed by atoms with Crippen molar-refractivity contribution in [3.8, 4) is 24.7 Å². The zero-order chi connectivity index (χ0) is 19.1. The maximum atomic E-state index is 5.38. The van der Waals surface area contributed by atoms with Crippen LogP contribution in [-0.4, -0.2) is 85.2 Å². The molecule has 27 heavy (non-hydrogen) atoms. The molecule has 0 atom stereocenters. The van der Waals surface area contributed by atoms with Crippen LogP contribution in [-0.2, 0) is 0 Å². The first-order chi connectivity index (χ1) is 13.2. The van der Waals surface area contributed by atoms with E-state index in [9.17, 15) is 0 Å². The maximum absolute atomic E-state index is 5.38. The second-order valence-electron chi connectivity index (χ2n) is 7.21. The molecule has 0 saturated carbocycles. The summed E-state index contributed by atoms with van der Waals surface area (Å²) in [4.78, 5) is 18.8. The number of nitrogens with zero attached hydrogens (tertiary/aromatic N) is 6. The normalized spacial score (nSPS) is 18.9. The Labute approximate surface area is 163 Å². The van der Waals surface area contributed by atoms with Gasteiger partial charge in [0.2, 0.25) is 0 Å². The molecular formula is C21H30N6. The molecule has 0 radical (unpaired) electrons. The molecule has 0 unspecified atom stereocenters. The van der Waals surface area contributed by atoms with Crippen molar-refractivity contribution in [1.29, 1.82) is 0 Å². The molecule has 2 aliphatic rings. The van der Waals surface area contributed by atoms with Gasteiger partial charge in [-0.3, -0.25) is 9.80 Å². The summed E-state index contributed by atoms with van der Waals surface area (Å²) in [6.07, 6.45) is 14.1. The molecule has 1 aromatic rings. The Hall–Kier alpha value is -2.28. The van der Waals surface area contributed by atoms with E-state index in [1.807, 2.05) is 0 Å². The molecule has 2 aliphatic heterocycles. The number of terminal acetylenes is 2. The number of piperazine rings is 2. The second kappa shape index (κ2) is 9.60. The van der Waals surface area contributed by atoms with Crippen molar-refractivity contribution in [2.45, 2.75) is 19.8 Å². The molecular weight excluding hydrogens is 336 g/mol. The summed E-state index contributed by atoms with van der Waals surface area (Å²) in [6, 6.07) is 0. The molecule has 2 saturated heterocycles. The summed E-state index contributed by atoms with van der Waals surface area (Å²) < 4.78 is 0. The van der Waals surface area contributed by atoms with E-state index in [-0.39, 0.29) is 0 Å². The standard InChI is InChI=1S/C21H30N6/c1-4-6-8-24-10-14-26(15-11-24)20-19(3)21(23-18-22-20)27-16-12-25(13-17-27)9-7-5-2/h1-2,18H,6-17H2,3H3. The molecule has 144 valence electrons. The van der Waals surface area contributed by atoms with Crippen LogP contribution in [0.1, 0.15) is 18.4 Å². The fraction of sp³-hybridized carbons (Fsp3) is 0.619. The average Bonchev–Trinajstić information content (AvgIpc) is 2.72. The first-order valence-corrected chi connectivity index (χ1v) is 9.86. The number of hydrogen-bond acceptors (Lipinski definition) is 6. The molecule has 0 bridgehead atoms. The zero-order valence-corrected chi connectivity index (χ0v) is 16.4. The van der Waals surface area contributed by atoms with Crippen molar-refractivity contribution in [3.63, 3.8) is 0 Å². The third-order valence-electron chi connectivity index (χ3n) is 5.52. The van der Waals surface area contributed by atoms with Crippen molar-refractivity contribution in [2.24, 2.45) is 0 Å². The summed E-state index contributed by atoms with van der Waals surface area (Å²) in [5.74, 6) is 7.61. The van der Waals surface area contributed by atoms with Gasteiger partial charge in [0.15, 0.2) is 0 Å². The lowest BCUT2D eigenvalue weighted by Crippen LogP contribution is -2.48. The van der Waals surface area contributed by atoms with E-state index in [0.717, 1.165) is 89.9 Å². The van der Waals surface area contributed by atoms with Crippen LogP contribution in [0.4, 0.5) is 11.6 Å². The van der Waals surface area contributed by atoms with Gasteiger partial charge in [-0.05, 0) is 6.92 Å². The molecule has 0 aromatic carbocycles. The largest absolute Gasteiger partial charge is 0.354 e. The molecule has 3 rings (SSSR count). The maximum Gasteiger partial charge on any atom is 0.137 e. The van der Waals surface area contributed by atoms with Crippen molar-refractivity contribution in [2.75, 3.05) is 75.2 Å². The molecule has 3 heterocycles. The van der Waals surface area contributed by atoms with Gasteiger partial charge >= 0.3 is 0 Å². The predicted octanol–water partition coefficient (Wildman–Crippen LogP) is 1.08. The van der Waals surface area contributed by atoms with Gasteiger partial charge in [-0.2, -0.15) is 0 Å². The van der Waals surface area contributed by atoms with Crippen LogP contribution in [0.5, 0.6) is 0 Å². The molecule has 6 nitrogen and oxygen atoms in total. The number of anilines is 2. The van der Waals surface area contributed by atoms with E-state index in [1.165, 1.54) is 5.56 Å². The quantitative estimate of drug-likeness (QED) is 0.702. The minimum atomic E-state index is 0.823. The topological polar surface area (TPSA) is 38.7 Å². The van der Waals surface area contributed by atoms with E-state index in [0.29, 0.717) is 0 Å². The van der Waals surface area contributed by atoms with Gasteiger partial charge < -0.3 is 9.80 Å². The van der Waals surface area contributed by atoms with Crippen LogP contribution in [0.25, 0.3) is 0 Å². The average molecular weight is 367 g/mol. The SMILES string of the molecule is C#CCCN1CCN(c2ncnc(N3CCN(CCC#C)CC3)c2C)CC1. The number of hydrogen-bond donors (Lipinski definition) is 0. The van der Waals surface area contributed by atoms with Gasteiger partial charge in [0.1, 0.15) is 18.0 Å². The lowest BCUT2D eigenvalue weighted by Gasteiger charge is -2.38. The van der Waals surface area contributed by atoms with Crippen LogP contribution >= 0.6 is 0 Å². The summed E-state index contributed by atoms with van der Waals surface area (Å²) in [6.45, 7) is 12.2. The van der Waals surface area contributed by atoms with Gasteiger partial charge in [-0.15, -0.1) is 24.7 Å². The molecule has 6 heteroatoms. The van der Waals surface area contributed by atoms with E-state index in [4.69, 9.17) is 12.8 Å². The first-order valence-electron chi connectivity index (χ1n) is 9.86. The van der Waals surface area contributed by atoms with E-state index < -0.39 is 0 Å². The van der Waals surface area contributed by atoms with Crippen LogP contribution in [0.15, 0.2) is 6.33 Å². The van der Waals surface area contributed by atoms with Crippen LogP contribution < -0.4 is 9.80 Å². The molecule has 0 amide bonds. The summed E-state index contributed by atoms with van der Waals surface area (Å²) in [5.41, 5.74) is 1.19. The highest BCUT2D eigenvalue weighted by Gasteiger charge is 2.24. The van der Waals surface area contributed by atoms with Gasteiger partial charge in [-0.25, -0.2) is 9.97 Å². The van der Waals surface area contributed by atoms with E-state index in [2.05, 4.69) is 48.3 Å². The van der Waals surface area contributed by atoms with Gasteiger partial charge in [0.05, 0.1) is 0 Å². The van der Waals surface area contributed by atoms with E-state index in [1.54, 1.807) is 6.33 Å². The van der Waals surface area contributed by atoms with Crippen molar-refractivity contribution in [3.05, 3.63) is 11.9 Å². The fourth-order valence-corrected chi connectivity index (χ4v) is 3.88. The summed E-state index contributed by atoms with van der Waals surface area (Å²) >= 11 is 0. The highest BCUT2D eigenvalue weighted by Crippen LogP contribution is 2.26. The molecule has 2 fully saturated rings. The van der Waals surface area contributed by atoms with Crippen molar-refractivity contribution < 1.29 is 0 Å². The minimum absolute atomic E-state index is 0.823. The van der Waals surface area contributed by atoms with Crippen molar-refractivity contribution >= 4 is 11.6 Å². The Kier molecular flexibility index (Phi) is 6.92. The van der Waals surface area contributed by atoms with Crippen LogP contribution in [0.3, 0.4) is 0 Å². The Bertz CT molecular complexity index is 631. The van der Waals surface area contributed by atoms with Gasteiger partial charge in [0.25, 0.3) is 0 Å². The summed E-state index contributed by atoms with van der Waals surface area (Å²) in [7, 11) is 0. The van der Waals surface area contributed by atoms with Crippen molar-refractivity contribution in [1.82, 2.24) is 19.8 Å². The highest BCUT2D eigenvalue weighted by atomic mass is 15.3. The Balaban J connectivity index is 1.60. The predicted molar refractivity (Wildman–Crippen MR) is 111 cm³/mol.